The molecule has 1 saturated heterocycles. The van der Waals surface area contributed by atoms with Crippen molar-refractivity contribution in [3.63, 3.8) is 0 Å². The Morgan fingerprint density at radius 3 is 2.80 bits per heavy atom. The van der Waals surface area contributed by atoms with Crippen molar-refractivity contribution in [1.29, 1.82) is 0 Å². The summed E-state index contributed by atoms with van der Waals surface area (Å²) in [7, 11) is 1.83. The number of hydrogen-bond donors (Lipinski definition) is 3. The first-order valence-corrected chi connectivity index (χ1v) is 9.83. The Morgan fingerprint density at radius 2 is 2.10 bits per heavy atom. The molecule has 3 rings (SSSR count). The molecule has 0 unspecified atom stereocenters. The third kappa shape index (κ3) is 5.82. The molecule has 0 radical (unpaired) electrons. The molecule has 30 heavy (non-hydrogen) atoms. The predicted octanol–water partition coefficient (Wildman–Crippen LogP) is 3.38. The Kier molecular flexibility index (Phi) is 7.09. The minimum atomic E-state index is -4.57. The second kappa shape index (κ2) is 9.75. The number of carbonyl (C=O) groups excluding carboxylic acids is 1. The lowest BCUT2D eigenvalue weighted by Crippen LogP contribution is -2.27. The molecule has 0 bridgehead atoms. The van der Waals surface area contributed by atoms with Gasteiger partial charge in [-0.05, 0) is 37.6 Å². The van der Waals surface area contributed by atoms with E-state index in [2.05, 4.69) is 25.9 Å². The van der Waals surface area contributed by atoms with Gasteiger partial charge in [0, 0.05) is 44.5 Å². The third-order valence-corrected chi connectivity index (χ3v) is 4.73. The number of alkyl halides is 3. The van der Waals surface area contributed by atoms with Crippen LogP contribution in [0.2, 0.25) is 0 Å². The van der Waals surface area contributed by atoms with E-state index in [9.17, 15) is 18.0 Å². The number of aromatic nitrogens is 2. The SMILES string of the molecule is CNCc1cccc(Nc2ncc(C(F)(F)F)c(NCCCN3CCCC3=O)n2)c1. The number of likely N-dealkylation sites (tertiary alicyclic amines) is 1. The molecule has 1 amide bonds. The van der Waals surface area contributed by atoms with Crippen molar-refractivity contribution in [1.82, 2.24) is 20.2 Å². The normalized spacial score (nSPS) is 14.3. The quantitative estimate of drug-likeness (QED) is 0.538. The average molecular weight is 422 g/mol. The van der Waals surface area contributed by atoms with Crippen molar-refractivity contribution in [2.75, 3.05) is 37.3 Å². The van der Waals surface area contributed by atoms with Crippen molar-refractivity contribution >= 4 is 23.4 Å². The summed E-state index contributed by atoms with van der Waals surface area (Å²) in [5.41, 5.74) is 0.777. The summed E-state index contributed by atoms with van der Waals surface area (Å²) in [5, 5.41) is 8.75. The summed E-state index contributed by atoms with van der Waals surface area (Å²) < 4.78 is 40.1. The number of benzene rings is 1. The van der Waals surface area contributed by atoms with Crippen LogP contribution in [0.1, 0.15) is 30.4 Å². The highest BCUT2D eigenvalue weighted by molar-refractivity contribution is 5.78. The van der Waals surface area contributed by atoms with Crippen LogP contribution in [0, 0.1) is 0 Å². The van der Waals surface area contributed by atoms with Crippen LogP contribution >= 0.6 is 0 Å². The Bertz CT molecular complexity index is 874. The molecular weight excluding hydrogens is 397 g/mol. The van der Waals surface area contributed by atoms with E-state index in [4.69, 9.17) is 0 Å². The van der Waals surface area contributed by atoms with Gasteiger partial charge in [-0.3, -0.25) is 4.79 Å². The van der Waals surface area contributed by atoms with E-state index < -0.39 is 11.7 Å². The molecule has 0 spiro atoms. The lowest BCUT2D eigenvalue weighted by Gasteiger charge is -2.17. The first-order chi connectivity index (χ1) is 14.4. The maximum Gasteiger partial charge on any atom is 0.421 e. The van der Waals surface area contributed by atoms with Gasteiger partial charge in [0.2, 0.25) is 11.9 Å². The number of amides is 1. The van der Waals surface area contributed by atoms with Crippen LogP contribution in [0.25, 0.3) is 0 Å². The second-order valence-electron chi connectivity index (χ2n) is 7.07. The van der Waals surface area contributed by atoms with Gasteiger partial charge in [-0.25, -0.2) is 4.98 Å². The smallest absolute Gasteiger partial charge is 0.369 e. The highest BCUT2D eigenvalue weighted by Crippen LogP contribution is 2.34. The standard InChI is InChI=1S/C20H25F3N6O/c1-24-12-14-5-2-6-15(11-14)27-19-26-13-16(20(21,22)23)18(28-19)25-8-4-10-29-9-3-7-17(29)30/h2,5-6,11,13,24H,3-4,7-10,12H2,1H3,(H2,25,26,27,28). The highest BCUT2D eigenvalue weighted by atomic mass is 19.4. The van der Waals surface area contributed by atoms with Crippen LogP contribution < -0.4 is 16.0 Å². The fraction of sp³-hybridized carbons (Fsp3) is 0.450. The van der Waals surface area contributed by atoms with E-state index >= 15 is 0 Å². The number of carbonyl (C=O) groups is 1. The monoisotopic (exact) mass is 422 g/mol. The van der Waals surface area contributed by atoms with Gasteiger partial charge in [0.25, 0.3) is 0 Å². The summed E-state index contributed by atoms with van der Waals surface area (Å²) >= 11 is 0. The first kappa shape index (κ1) is 21.8. The molecule has 0 atom stereocenters. The van der Waals surface area contributed by atoms with Gasteiger partial charge in [0.1, 0.15) is 11.4 Å². The number of nitrogens with one attached hydrogen (secondary N) is 3. The van der Waals surface area contributed by atoms with Crippen molar-refractivity contribution in [2.24, 2.45) is 0 Å². The zero-order valence-corrected chi connectivity index (χ0v) is 16.7. The molecule has 2 heterocycles. The zero-order valence-electron chi connectivity index (χ0n) is 16.7. The topological polar surface area (TPSA) is 82.2 Å². The summed E-state index contributed by atoms with van der Waals surface area (Å²) in [4.78, 5) is 21.2. The molecule has 2 aromatic rings. The first-order valence-electron chi connectivity index (χ1n) is 9.83. The summed E-state index contributed by atoms with van der Waals surface area (Å²) in [6.45, 7) is 2.15. The van der Waals surface area contributed by atoms with Gasteiger partial charge in [-0.1, -0.05) is 12.1 Å². The van der Waals surface area contributed by atoms with Crippen LogP contribution in [0.4, 0.5) is 30.6 Å². The molecule has 162 valence electrons. The minimum Gasteiger partial charge on any atom is -0.369 e. The van der Waals surface area contributed by atoms with E-state index in [0.717, 1.165) is 18.2 Å². The van der Waals surface area contributed by atoms with Gasteiger partial charge >= 0.3 is 6.18 Å². The average Bonchev–Trinajstić information content (AvgIpc) is 3.10. The van der Waals surface area contributed by atoms with Gasteiger partial charge in [-0.2, -0.15) is 18.2 Å². The number of rotatable bonds is 9. The number of hydrogen-bond acceptors (Lipinski definition) is 6. The Balaban J connectivity index is 1.68. The van der Waals surface area contributed by atoms with Gasteiger partial charge in [0.15, 0.2) is 0 Å². The molecule has 0 saturated carbocycles. The molecule has 7 nitrogen and oxygen atoms in total. The van der Waals surface area contributed by atoms with Gasteiger partial charge in [-0.15, -0.1) is 0 Å². The molecule has 1 aromatic carbocycles. The molecule has 3 N–H and O–H groups in total. The fourth-order valence-electron chi connectivity index (χ4n) is 3.29. The van der Waals surface area contributed by atoms with Crippen molar-refractivity contribution in [3.05, 3.63) is 41.6 Å². The number of nitrogens with zero attached hydrogens (tertiary/aromatic N) is 3. The summed E-state index contributed by atoms with van der Waals surface area (Å²) in [6.07, 6.45) is -1.89. The van der Waals surface area contributed by atoms with Crippen molar-refractivity contribution in [2.45, 2.75) is 32.0 Å². The highest BCUT2D eigenvalue weighted by Gasteiger charge is 2.35. The predicted molar refractivity (Wildman–Crippen MR) is 108 cm³/mol. The van der Waals surface area contributed by atoms with Crippen LogP contribution in [0.3, 0.4) is 0 Å². The lowest BCUT2D eigenvalue weighted by atomic mass is 10.2. The van der Waals surface area contributed by atoms with E-state index in [1.54, 1.807) is 11.0 Å². The zero-order chi connectivity index (χ0) is 21.6. The van der Waals surface area contributed by atoms with Crippen LogP contribution in [-0.4, -0.2) is 47.5 Å². The summed E-state index contributed by atoms with van der Waals surface area (Å²) in [6, 6.07) is 7.45. The number of anilines is 3. The summed E-state index contributed by atoms with van der Waals surface area (Å²) in [5.74, 6) is -0.110. The van der Waals surface area contributed by atoms with Gasteiger partial charge in [0.05, 0.1) is 0 Å². The molecule has 1 aliphatic rings. The van der Waals surface area contributed by atoms with E-state index in [1.165, 1.54) is 0 Å². The Hall–Kier alpha value is -2.88. The minimum absolute atomic E-state index is 0.0711. The lowest BCUT2D eigenvalue weighted by molar-refractivity contribution is -0.137. The van der Waals surface area contributed by atoms with E-state index in [1.807, 2.05) is 25.2 Å². The Labute approximate surface area is 173 Å². The van der Waals surface area contributed by atoms with Crippen LogP contribution in [0.5, 0.6) is 0 Å². The maximum atomic E-state index is 13.4. The van der Waals surface area contributed by atoms with Crippen molar-refractivity contribution in [3.8, 4) is 0 Å². The second-order valence-corrected chi connectivity index (χ2v) is 7.07. The maximum absolute atomic E-state index is 13.4. The van der Waals surface area contributed by atoms with E-state index in [-0.39, 0.29) is 24.2 Å². The van der Waals surface area contributed by atoms with Gasteiger partial charge < -0.3 is 20.9 Å². The molecule has 1 fully saturated rings. The third-order valence-electron chi connectivity index (χ3n) is 4.73. The molecular formula is C20H25F3N6O. The van der Waals surface area contributed by atoms with Crippen LogP contribution in [0.15, 0.2) is 30.5 Å². The molecule has 1 aromatic heterocycles. The Morgan fingerprint density at radius 1 is 1.27 bits per heavy atom. The number of halogens is 3. The van der Waals surface area contributed by atoms with Crippen LogP contribution in [-0.2, 0) is 17.5 Å². The molecule has 0 aliphatic carbocycles. The van der Waals surface area contributed by atoms with Crippen molar-refractivity contribution < 1.29 is 18.0 Å². The van der Waals surface area contributed by atoms with E-state index in [0.29, 0.717) is 38.2 Å². The fourth-order valence-corrected chi connectivity index (χ4v) is 3.29. The molecule has 10 heteroatoms. The largest absolute Gasteiger partial charge is 0.421 e. The molecule has 1 aliphatic heterocycles.